The standard InChI is InChI=1S/C23H27F3N4O2S/c1-4-13-5-7-15(8-6-13)30-11-14-9-18(16(22(2,3)32)10-17(14)29-30)27-20(31)19-12-33-21(28-19)23(24,25)26/h9-13,15,32H,4-8H2,1-3H3,(H,27,31)/t13-,15-. The predicted molar refractivity (Wildman–Crippen MR) is 121 cm³/mol. The molecule has 2 heterocycles. The van der Waals surface area contributed by atoms with Crippen molar-refractivity contribution in [2.75, 3.05) is 5.32 Å². The van der Waals surface area contributed by atoms with E-state index in [0.717, 1.165) is 29.5 Å². The molecule has 2 N–H and O–H groups in total. The quantitative estimate of drug-likeness (QED) is 0.460. The van der Waals surface area contributed by atoms with E-state index in [9.17, 15) is 23.1 Å². The van der Waals surface area contributed by atoms with Crippen molar-refractivity contribution in [1.29, 1.82) is 0 Å². The summed E-state index contributed by atoms with van der Waals surface area (Å²) in [4.78, 5) is 16.1. The highest BCUT2D eigenvalue weighted by Gasteiger charge is 2.35. The highest BCUT2D eigenvalue weighted by Crippen LogP contribution is 2.37. The average molecular weight is 481 g/mol. The molecule has 1 fully saturated rings. The van der Waals surface area contributed by atoms with E-state index >= 15 is 0 Å². The van der Waals surface area contributed by atoms with Gasteiger partial charge >= 0.3 is 6.18 Å². The van der Waals surface area contributed by atoms with Crippen molar-refractivity contribution in [3.8, 4) is 0 Å². The number of carbonyl (C=O) groups is 1. The van der Waals surface area contributed by atoms with Crippen molar-refractivity contribution in [2.45, 2.75) is 70.7 Å². The van der Waals surface area contributed by atoms with Crippen LogP contribution in [0, 0.1) is 5.92 Å². The minimum absolute atomic E-state index is 0.305. The molecule has 1 amide bonds. The molecular weight excluding hydrogens is 453 g/mol. The van der Waals surface area contributed by atoms with Crippen molar-refractivity contribution in [3.05, 3.63) is 40.0 Å². The summed E-state index contributed by atoms with van der Waals surface area (Å²) >= 11 is 0.369. The van der Waals surface area contributed by atoms with Gasteiger partial charge in [0.1, 0.15) is 5.69 Å². The lowest BCUT2D eigenvalue weighted by atomic mass is 9.85. The van der Waals surface area contributed by atoms with E-state index in [1.165, 1.54) is 19.3 Å². The zero-order valence-electron chi connectivity index (χ0n) is 18.7. The molecule has 0 aliphatic heterocycles. The molecule has 0 saturated heterocycles. The first-order chi connectivity index (χ1) is 15.5. The van der Waals surface area contributed by atoms with Gasteiger partial charge in [0.15, 0.2) is 5.01 Å². The molecule has 1 saturated carbocycles. The van der Waals surface area contributed by atoms with Gasteiger partial charge in [-0.2, -0.15) is 18.3 Å². The molecule has 178 valence electrons. The fraction of sp³-hybridized carbons (Fsp3) is 0.522. The van der Waals surface area contributed by atoms with E-state index in [2.05, 4.69) is 17.2 Å². The number of aliphatic hydroxyl groups is 1. The molecule has 1 aliphatic rings. The van der Waals surface area contributed by atoms with Crippen molar-refractivity contribution < 1.29 is 23.1 Å². The second kappa shape index (κ2) is 8.72. The van der Waals surface area contributed by atoms with E-state index in [-0.39, 0.29) is 5.69 Å². The Morgan fingerprint density at radius 1 is 1.24 bits per heavy atom. The molecule has 3 aromatic rings. The number of amides is 1. The smallest absolute Gasteiger partial charge is 0.386 e. The fourth-order valence-corrected chi connectivity index (χ4v) is 5.07. The molecule has 0 unspecified atom stereocenters. The molecule has 10 heteroatoms. The molecule has 0 atom stereocenters. The van der Waals surface area contributed by atoms with Crippen molar-refractivity contribution >= 4 is 33.8 Å². The second-order valence-corrected chi connectivity index (χ2v) is 10.1. The van der Waals surface area contributed by atoms with Gasteiger partial charge in [-0.05, 0) is 57.6 Å². The van der Waals surface area contributed by atoms with Crippen LogP contribution in [0.3, 0.4) is 0 Å². The first kappa shape index (κ1) is 23.7. The number of halogens is 3. The monoisotopic (exact) mass is 480 g/mol. The molecule has 4 rings (SSSR count). The highest BCUT2D eigenvalue weighted by atomic mass is 32.1. The van der Waals surface area contributed by atoms with Gasteiger partial charge in [0.25, 0.3) is 5.91 Å². The van der Waals surface area contributed by atoms with Crippen LogP contribution in [-0.4, -0.2) is 25.8 Å². The number of hydrogen-bond acceptors (Lipinski definition) is 5. The van der Waals surface area contributed by atoms with Gasteiger partial charge in [-0.25, -0.2) is 4.98 Å². The Balaban J connectivity index is 1.64. The lowest BCUT2D eigenvalue weighted by Crippen LogP contribution is -2.21. The lowest BCUT2D eigenvalue weighted by Gasteiger charge is -2.27. The molecule has 0 bridgehead atoms. The molecule has 1 aromatic carbocycles. The molecule has 2 aromatic heterocycles. The summed E-state index contributed by atoms with van der Waals surface area (Å²) in [6.45, 7) is 5.38. The molecule has 0 spiro atoms. The Morgan fingerprint density at radius 2 is 1.94 bits per heavy atom. The summed E-state index contributed by atoms with van der Waals surface area (Å²) in [7, 11) is 0. The van der Waals surface area contributed by atoms with E-state index < -0.39 is 22.7 Å². The van der Waals surface area contributed by atoms with Gasteiger partial charge in [-0.15, -0.1) is 11.3 Å². The highest BCUT2D eigenvalue weighted by molar-refractivity contribution is 7.10. The molecule has 1 aliphatic carbocycles. The van der Waals surface area contributed by atoms with Gasteiger partial charge in [0, 0.05) is 28.2 Å². The van der Waals surface area contributed by atoms with Crippen molar-refractivity contribution in [3.63, 3.8) is 0 Å². The number of fused-ring (bicyclic) bond motifs is 1. The second-order valence-electron chi connectivity index (χ2n) is 9.20. The number of carbonyl (C=O) groups excluding carboxylic acids is 1. The SMILES string of the molecule is CC[C@H]1CC[C@H](n2cc3cc(NC(=O)c4csc(C(F)(F)F)n4)c(C(C)(C)O)cc3n2)CC1. The van der Waals surface area contributed by atoms with E-state index in [1.54, 1.807) is 26.0 Å². The van der Waals surface area contributed by atoms with Crippen LogP contribution in [0.4, 0.5) is 18.9 Å². The minimum atomic E-state index is -4.61. The van der Waals surface area contributed by atoms with Crippen LogP contribution in [-0.2, 0) is 11.8 Å². The zero-order valence-corrected chi connectivity index (χ0v) is 19.6. The van der Waals surface area contributed by atoms with E-state index in [4.69, 9.17) is 5.10 Å². The van der Waals surface area contributed by atoms with Gasteiger partial charge < -0.3 is 10.4 Å². The maximum atomic E-state index is 12.9. The normalized spacial score (nSPS) is 19.7. The Hall–Kier alpha value is -2.46. The van der Waals surface area contributed by atoms with Crippen LogP contribution < -0.4 is 5.32 Å². The number of alkyl halides is 3. The third-order valence-corrected chi connectivity index (χ3v) is 7.20. The van der Waals surface area contributed by atoms with Crippen LogP contribution in [0.15, 0.2) is 23.7 Å². The first-order valence-electron chi connectivity index (χ1n) is 11.1. The first-order valence-corrected chi connectivity index (χ1v) is 11.9. The number of aromatic nitrogens is 3. The molecule has 6 nitrogen and oxygen atoms in total. The summed E-state index contributed by atoms with van der Waals surface area (Å²) in [5.74, 6) is -0.00436. The van der Waals surface area contributed by atoms with Gasteiger partial charge in [0.2, 0.25) is 0 Å². The lowest BCUT2D eigenvalue weighted by molar-refractivity contribution is -0.137. The third-order valence-electron chi connectivity index (χ3n) is 6.32. The van der Waals surface area contributed by atoms with Crippen LogP contribution in [0.2, 0.25) is 0 Å². The maximum Gasteiger partial charge on any atom is 0.443 e. The van der Waals surface area contributed by atoms with Gasteiger partial charge in [-0.1, -0.05) is 13.3 Å². The zero-order chi connectivity index (χ0) is 24.0. The van der Waals surface area contributed by atoms with Gasteiger partial charge in [-0.3, -0.25) is 9.48 Å². The topological polar surface area (TPSA) is 80.0 Å². The number of anilines is 1. The number of hydrogen-bond donors (Lipinski definition) is 2. The summed E-state index contributed by atoms with van der Waals surface area (Å²) < 4.78 is 40.5. The van der Waals surface area contributed by atoms with Crippen LogP contribution in [0.25, 0.3) is 10.9 Å². The number of benzene rings is 1. The fourth-order valence-electron chi connectivity index (χ4n) is 4.40. The largest absolute Gasteiger partial charge is 0.443 e. The van der Waals surface area contributed by atoms with Crippen LogP contribution in [0.5, 0.6) is 0 Å². The minimum Gasteiger partial charge on any atom is -0.386 e. The van der Waals surface area contributed by atoms with Crippen LogP contribution >= 0.6 is 11.3 Å². The van der Waals surface area contributed by atoms with E-state index in [0.29, 0.717) is 34.1 Å². The average Bonchev–Trinajstić information content (AvgIpc) is 3.39. The number of nitrogens with one attached hydrogen (secondary N) is 1. The van der Waals surface area contributed by atoms with E-state index in [1.807, 2.05) is 10.9 Å². The summed E-state index contributed by atoms with van der Waals surface area (Å²) in [6.07, 6.45) is 2.96. The number of nitrogens with zero attached hydrogens (tertiary/aromatic N) is 3. The summed E-state index contributed by atoms with van der Waals surface area (Å²) in [5, 5.41) is 18.8. The number of rotatable bonds is 5. The predicted octanol–water partition coefficient (Wildman–Crippen LogP) is 6.13. The Labute approximate surface area is 193 Å². The molecule has 33 heavy (non-hydrogen) atoms. The number of thiazole rings is 1. The molecular formula is C23H27F3N4O2S. The van der Waals surface area contributed by atoms with Gasteiger partial charge in [0.05, 0.1) is 17.2 Å². The Morgan fingerprint density at radius 3 is 2.52 bits per heavy atom. The van der Waals surface area contributed by atoms with Crippen LogP contribution in [0.1, 0.15) is 80.0 Å². The summed E-state index contributed by atoms with van der Waals surface area (Å²) in [6, 6.07) is 3.74. The Kier molecular flexibility index (Phi) is 6.26. The summed E-state index contributed by atoms with van der Waals surface area (Å²) in [5.41, 5.74) is -0.197. The van der Waals surface area contributed by atoms with Crippen molar-refractivity contribution in [1.82, 2.24) is 14.8 Å². The maximum absolute atomic E-state index is 12.9. The molecule has 0 radical (unpaired) electrons. The van der Waals surface area contributed by atoms with Crippen molar-refractivity contribution in [2.24, 2.45) is 5.92 Å². The third kappa shape index (κ3) is 5.06. The Bertz CT molecular complexity index is 1150.